The number of carbonyl (C=O) groups excluding carboxylic acids is 1. The van der Waals surface area contributed by atoms with Crippen LogP contribution in [0.25, 0.3) is 0 Å². The highest BCUT2D eigenvalue weighted by Gasteiger charge is 2.09. The molecule has 0 saturated carbocycles. The predicted molar refractivity (Wildman–Crippen MR) is 72.2 cm³/mol. The Morgan fingerprint density at radius 2 is 2.00 bits per heavy atom. The normalized spacial score (nSPS) is 10.2. The van der Waals surface area contributed by atoms with Crippen LogP contribution >= 0.6 is 0 Å². The zero-order valence-electron chi connectivity index (χ0n) is 11.5. The van der Waals surface area contributed by atoms with E-state index in [2.05, 4.69) is 6.92 Å². The second-order valence-corrected chi connectivity index (χ2v) is 4.38. The zero-order valence-corrected chi connectivity index (χ0v) is 11.5. The highest BCUT2D eigenvalue weighted by atomic mass is 16.5. The van der Waals surface area contributed by atoms with E-state index >= 15 is 0 Å². The SMILES string of the molecule is CCCCCCOC(=O)c1ccc(C)c(OC)c1. The molecule has 100 valence electrons. The van der Waals surface area contributed by atoms with E-state index in [1.165, 1.54) is 12.8 Å². The molecule has 0 aliphatic heterocycles. The van der Waals surface area contributed by atoms with Gasteiger partial charge in [0, 0.05) is 0 Å². The minimum absolute atomic E-state index is 0.273. The van der Waals surface area contributed by atoms with Crippen molar-refractivity contribution < 1.29 is 14.3 Å². The van der Waals surface area contributed by atoms with Gasteiger partial charge in [-0.3, -0.25) is 0 Å². The largest absolute Gasteiger partial charge is 0.496 e. The fourth-order valence-corrected chi connectivity index (χ4v) is 1.72. The molecular weight excluding hydrogens is 228 g/mol. The number of methoxy groups -OCH3 is 1. The third-order valence-corrected chi connectivity index (χ3v) is 2.87. The standard InChI is InChI=1S/C15H22O3/c1-4-5-6-7-10-18-15(16)13-9-8-12(2)14(11-13)17-3/h8-9,11H,4-7,10H2,1-3H3. The van der Waals surface area contributed by atoms with Crippen LogP contribution in [-0.4, -0.2) is 19.7 Å². The molecule has 1 aromatic rings. The van der Waals surface area contributed by atoms with Crippen LogP contribution in [0.2, 0.25) is 0 Å². The number of carbonyl (C=O) groups is 1. The Hall–Kier alpha value is -1.51. The molecule has 0 bridgehead atoms. The highest BCUT2D eigenvalue weighted by molar-refractivity contribution is 5.90. The van der Waals surface area contributed by atoms with Gasteiger partial charge in [0.2, 0.25) is 0 Å². The summed E-state index contributed by atoms with van der Waals surface area (Å²) in [5.74, 6) is 0.445. The molecule has 0 amide bonds. The van der Waals surface area contributed by atoms with Gasteiger partial charge in [-0.1, -0.05) is 32.3 Å². The maximum Gasteiger partial charge on any atom is 0.338 e. The Balaban J connectivity index is 2.46. The van der Waals surface area contributed by atoms with Crippen LogP contribution in [0.3, 0.4) is 0 Å². The fourth-order valence-electron chi connectivity index (χ4n) is 1.72. The average molecular weight is 250 g/mol. The lowest BCUT2D eigenvalue weighted by Gasteiger charge is -2.08. The zero-order chi connectivity index (χ0) is 13.4. The first-order chi connectivity index (χ1) is 8.69. The maximum atomic E-state index is 11.8. The van der Waals surface area contributed by atoms with Gasteiger partial charge in [-0.25, -0.2) is 4.79 Å². The van der Waals surface area contributed by atoms with E-state index < -0.39 is 0 Å². The summed E-state index contributed by atoms with van der Waals surface area (Å²) in [5, 5.41) is 0. The Morgan fingerprint density at radius 3 is 2.67 bits per heavy atom. The van der Waals surface area contributed by atoms with Gasteiger partial charge in [0.05, 0.1) is 19.3 Å². The lowest BCUT2D eigenvalue weighted by atomic mass is 10.1. The van der Waals surface area contributed by atoms with E-state index in [-0.39, 0.29) is 5.97 Å². The minimum Gasteiger partial charge on any atom is -0.496 e. The first-order valence-electron chi connectivity index (χ1n) is 6.50. The second-order valence-electron chi connectivity index (χ2n) is 4.38. The van der Waals surface area contributed by atoms with Crippen molar-refractivity contribution in [1.82, 2.24) is 0 Å². The van der Waals surface area contributed by atoms with Crippen LogP contribution in [0.1, 0.15) is 48.5 Å². The van der Waals surface area contributed by atoms with Crippen molar-refractivity contribution in [2.75, 3.05) is 13.7 Å². The lowest BCUT2D eigenvalue weighted by molar-refractivity contribution is 0.0497. The van der Waals surface area contributed by atoms with Crippen molar-refractivity contribution >= 4 is 5.97 Å². The van der Waals surface area contributed by atoms with E-state index in [9.17, 15) is 4.79 Å². The van der Waals surface area contributed by atoms with Crippen molar-refractivity contribution in [2.45, 2.75) is 39.5 Å². The van der Waals surface area contributed by atoms with Crippen molar-refractivity contribution in [1.29, 1.82) is 0 Å². The summed E-state index contributed by atoms with van der Waals surface area (Å²) in [4.78, 5) is 11.8. The van der Waals surface area contributed by atoms with Crippen molar-refractivity contribution in [3.05, 3.63) is 29.3 Å². The van der Waals surface area contributed by atoms with Gasteiger partial charge in [0.1, 0.15) is 5.75 Å². The molecule has 0 spiro atoms. The van der Waals surface area contributed by atoms with Crippen molar-refractivity contribution in [2.24, 2.45) is 0 Å². The monoisotopic (exact) mass is 250 g/mol. The number of esters is 1. The third kappa shape index (κ3) is 4.40. The number of benzene rings is 1. The van der Waals surface area contributed by atoms with E-state index in [4.69, 9.17) is 9.47 Å². The molecule has 0 aromatic heterocycles. The summed E-state index contributed by atoms with van der Waals surface area (Å²) < 4.78 is 10.4. The smallest absolute Gasteiger partial charge is 0.338 e. The van der Waals surface area contributed by atoms with Gasteiger partial charge in [-0.15, -0.1) is 0 Å². The summed E-state index contributed by atoms with van der Waals surface area (Å²) in [6.07, 6.45) is 4.42. The molecule has 0 unspecified atom stereocenters. The molecule has 0 fully saturated rings. The van der Waals surface area contributed by atoms with Crippen molar-refractivity contribution in [3.8, 4) is 5.75 Å². The van der Waals surface area contributed by atoms with Crippen LogP contribution in [0, 0.1) is 6.92 Å². The summed E-state index contributed by atoms with van der Waals surface area (Å²) in [7, 11) is 1.60. The van der Waals surface area contributed by atoms with Gasteiger partial charge >= 0.3 is 5.97 Å². The van der Waals surface area contributed by atoms with Crippen LogP contribution < -0.4 is 4.74 Å². The topological polar surface area (TPSA) is 35.5 Å². The van der Waals surface area contributed by atoms with Crippen molar-refractivity contribution in [3.63, 3.8) is 0 Å². The van der Waals surface area contributed by atoms with Crippen LogP contribution in [0.5, 0.6) is 5.75 Å². The quantitative estimate of drug-likeness (QED) is 0.546. The summed E-state index contributed by atoms with van der Waals surface area (Å²) in [5.41, 5.74) is 1.56. The molecule has 3 heteroatoms. The maximum absolute atomic E-state index is 11.8. The van der Waals surface area contributed by atoms with E-state index in [1.807, 2.05) is 13.0 Å². The molecule has 0 radical (unpaired) electrons. The number of rotatable bonds is 7. The van der Waals surface area contributed by atoms with Gasteiger partial charge in [-0.2, -0.15) is 0 Å². The molecule has 0 aliphatic carbocycles. The molecule has 1 aromatic carbocycles. The number of ether oxygens (including phenoxy) is 2. The molecule has 0 aliphatic rings. The Kier molecular flexibility index (Phi) is 6.26. The molecule has 0 atom stereocenters. The molecule has 0 saturated heterocycles. The number of aryl methyl sites for hydroxylation is 1. The van der Waals surface area contributed by atoms with Crippen LogP contribution in [0.4, 0.5) is 0 Å². The minimum atomic E-state index is -0.273. The molecule has 1 rings (SSSR count). The van der Waals surface area contributed by atoms with E-state index in [1.54, 1.807) is 19.2 Å². The number of hydrogen-bond donors (Lipinski definition) is 0. The molecule has 18 heavy (non-hydrogen) atoms. The third-order valence-electron chi connectivity index (χ3n) is 2.87. The van der Waals surface area contributed by atoms with E-state index in [0.29, 0.717) is 12.2 Å². The van der Waals surface area contributed by atoms with Gasteiger partial charge < -0.3 is 9.47 Å². The Labute approximate surface area is 109 Å². The summed E-state index contributed by atoms with van der Waals surface area (Å²) >= 11 is 0. The van der Waals surface area contributed by atoms with Gasteiger partial charge in [0.25, 0.3) is 0 Å². The second kappa shape index (κ2) is 7.75. The average Bonchev–Trinajstić information content (AvgIpc) is 2.38. The Morgan fingerprint density at radius 1 is 1.22 bits per heavy atom. The van der Waals surface area contributed by atoms with Crippen LogP contribution in [-0.2, 0) is 4.74 Å². The summed E-state index contributed by atoms with van der Waals surface area (Å²) in [6.45, 7) is 4.60. The van der Waals surface area contributed by atoms with Crippen LogP contribution in [0.15, 0.2) is 18.2 Å². The predicted octanol–water partition coefficient (Wildman–Crippen LogP) is 3.74. The highest BCUT2D eigenvalue weighted by Crippen LogP contribution is 2.19. The number of unbranched alkanes of at least 4 members (excludes halogenated alkanes) is 3. The first-order valence-corrected chi connectivity index (χ1v) is 6.50. The van der Waals surface area contributed by atoms with E-state index in [0.717, 1.165) is 24.2 Å². The first kappa shape index (κ1) is 14.6. The molecule has 0 heterocycles. The molecular formula is C15H22O3. The Bertz CT molecular complexity index is 385. The lowest BCUT2D eigenvalue weighted by Crippen LogP contribution is -2.07. The number of hydrogen-bond acceptors (Lipinski definition) is 3. The molecule has 0 N–H and O–H groups in total. The fraction of sp³-hybridized carbons (Fsp3) is 0.533. The van der Waals surface area contributed by atoms with Gasteiger partial charge in [-0.05, 0) is 31.0 Å². The summed E-state index contributed by atoms with van der Waals surface area (Å²) in [6, 6.07) is 5.36. The molecule has 3 nitrogen and oxygen atoms in total. The van der Waals surface area contributed by atoms with Gasteiger partial charge in [0.15, 0.2) is 0 Å².